The second kappa shape index (κ2) is 3.59. The molecule has 0 aromatic carbocycles. The molecule has 1 rings (SSSR count). The van der Waals surface area contributed by atoms with Gasteiger partial charge in [-0.3, -0.25) is 0 Å². The van der Waals surface area contributed by atoms with Crippen molar-refractivity contribution in [3.8, 4) is 0 Å². The molecule has 0 fully saturated rings. The lowest BCUT2D eigenvalue weighted by Gasteiger charge is -2.08. The molecule has 0 aliphatic heterocycles. The zero-order valence-corrected chi connectivity index (χ0v) is 10.5. The van der Waals surface area contributed by atoms with E-state index in [0.717, 1.165) is 27.2 Å². The third-order valence-corrected chi connectivity index (χ3v) is 4.15. The summed E-state index contributed by atoms with van der Waals surface area (Å²) in [4.78, 5) is 4.20. The number of nitrogens with two attached hydrogens (primary N) is 1. The monoisotopic (exact) mass is 222 g/mol. The van der Waals surface area contributed by atoms with E-state index in [1.165, 1.54) is 0 Å². The van der Waals surface area contributed by atoms with Gasteiger partial charge >= 0.3 is 0 Å². The van der Waals surface area contributed by atoms with Gasteiger partial charge in [-0.2, -0.15) is 0 Å². The third-order valence-electron chi connectivity index (χ3n) is 1.37. The van der Waals surface area contributed by atoms with Crippen LogP contribution in [0.1, 0.15) is 0 Å². The van der Waals surface area contributed by atoms with E-state index in [2.05, 4.69) is 41.9 Å². The van der Waals surface area contributed by atoms with Gasteiger partial charge in [-0.1, -0.05) is 18.5 Å². The summed E-state index contributed by atoms with van der Waals surface area (Å²) in [7, 11) is 10.3. The molecule has 60 valence electrons. The second-order valence-electron chi connectivity index (χ2n) is 2.12. The maximum atomic E-state index is 5.72. The number of pyridine rings is 1. The first kappa shape index (κ1) is 9.76. The van der Waals surface area contributed by atoms with Gasteiger partial charge in [-0.05, 0) is 0 Å². The molecule has 0 aliphatic rings. The van der Waals surface area contributed by atoms with Gasteiger partial charge in [0.05, 0.1) is 16.6 Å². The van der Waals surface area contributed by atoms with E-state index >= 15 is 0 Å². The minimum absolute atomic E-state index is 0.719. The summed E-state index contributed by atoms with van der Waals surface area (Å²) < 4.78 is 0. The highest BCUT2D eigenvalue weighted by atomic mass is 31.0. The summed E-state index contributed by atoms with van der Waals surface area (Å²) in [6.07, 6.45) is 0. The molecule has 0 aliphatic carbocycles. The van der Waals surface area contributed by atoms with Gasteiger partial charge in [-0.25, -0.2) is 4.98 Å². The van der Waals surface area contributed by atoms with Crippen molar-refractivity contribution in [3.63, 3.8) is 0 Å². The summed E-state index contributed by atoms with van der Waals surface area (Å²) in [6, 6.07) is 0. The molecule has 0 spiro atoms. The van der Waals surface area contributed by atoms with Crippen LogP contribution in [0.25, 0.3) is 0 Å². The van der Waals surface area contributed by atoms with E-state index in [9.17, 15) is 0 Å². The number of nitrogens with zero attached hydrogens (tertiary/aromatic N) is 1. The summed E-state index contributed by atoms with van der Waals surface area (Å²) in [5.41, 5.74) is 8.16. The van der Waals surface area contributed by atoms with E-state index in [-0.39, 0.29) is 0 Å². The maximum absolute atomic E-state index is 5.72. The number of aromatic nitrogens is 1. The Balaban J connectivity index is 3.46. The van der Waals surface area contributed by atoms with E-state index < -0.39 is 0 Å². The first-order valence-electron chi connectivity index (χ1n) is 2.89. The third kappa shape index (κ3) is 1.88. The fraction of sp³-hybridized carbons (Fsp3) is 0. The zero-order valence-electron chi connectivity index (χ0n) is 5.83. The highest BCUT2D eigenvalue weighted by Gasteiger charge is 2.05. The fourth-order valence-electron chi connectivity index (χ4n) is 0.671. The van der Waals surface area contributed by atoms with Crippen molar-refractivity contribution in [2.45, 2.75) is 0 Å². The predicted octanol–water partition coefficient (Wildman–Crippen LogP) is -1.33. The zero-order chi connectivity index (χ0) is 8.59. The number of rotatable bonds is 0. The van der Waals surface area contributed by atoms with Crippen molar-refractivity contribution in [3.05, 3.63) is 0 Å². The van der Waals surface area contributed by atoms with Gasteiger partial charge in [0.2, 0.25) is 0 Å². The highest BCUT2D eigenvalue weighted by Crippen LogP contribution is 2.01. The van der Waals surface area contributed by atoms with Crippen molar-refractivity contribution in [1.82, 2.24) is 4.98 Å². The Hall–Kier alpha value is 0.670. The molecule has 2 nitrogen and oxygen atoms in total. The summed E-state index contributed by atoms with van der Waals surface area (Å²) in [5, 5.41) is 2.03. The van der Waals surface area contributed by atoms with Crippen LogP contribution in [0.4, 0.5) is 5.69 Å². The minimum atomic E-state index is 0.719. The number of anilines is 1. The molecule has 11 heavy (non-hydrogen) atoms. The summed E-state index contributed by atoms with van der Waals surface area (Å²) in [5.74, 6) is 0. The lowest BCUT2D eigenvalue weighted by Crippen LogP contribution is -2.34. The molecular weight excluding hydrogens is 212 g/mol. The van der Waals surface area contributed by atoms with Crippen molar-refractivity contribution >= 4 is 64.1 Å². The van der Waals surface area contributed by atoms with Gasteiger partial charge in [0.15, 0.2) is 0 Å². The lowest BCUT2D eigenvalue weighted by molar-refractivity contribution is 1.50. The fourth-order valence-corrected chi connectivity index (χ4v) is 2.26. The Bertz CT molecular complexity index is 273. The molecule has 0 amide bonds. The summed E-state index contributed by atoms with van der Waals surface area (Å²) >= 11 is 0. The Morgan fingerprint density at radius 3 is 2.00 bits per heavy atom. The molecule has 0 saturated heterocycles. The molecule has 2 N–H and O–H groups in total. The molecule has 4 unspecified atom stereocenters. The second-order valence-corrected chi connectivity index (χ2v) is 4.37. The van der Waals surface area contributed by atoms with Crippen LogP contribution in [0.2, 0.25) is 0 Å². The lowest BCUT2D eigenvalue weighted by atomic mass is 10.4. The van der Waals surface area contributed by atoms with Crippen molar-refractivity contribution in [2.75, 3.05) is 5.73 Å². The van der Waals surface area contributed by atoms with Gasteiger partial charge in [0.1, 0.15) is 0 Å². The standard InChI is InChI=1S/C5H10N2P4/c6-1-2(8)3(9)5(11)7-4(1)10/h6,8-11H2. The SMILES string of the molecule is Nc1c(P)nc(P)c(P)c1P. The maximum Gasteiger partial charge on any atom is 0.0811 e. The Morgan fingerprint density at radius 2 is 1.45 bits per heavy atom. The van der Waals surface area contributed by atoms with Crippen LogP contribution in [-0.2, 0) is 0 Å². The molecule has 6 heteroatoms. The Morgan fingerprint density at radius 1 is 0.909 bits per heavy atom. The smallest absolute Gasteiger partial charge is 0.0811 e. The molecule has 0 radical (unpaired) electrons. The van der Waals surface area contributed by atoms with Crippen LogP contribution < -0.4 is 27.2 Å². The normalized spacial score (nSPS) is 10.2. The van der Waals surface area contributed by atoms with Gasteiger partial charge in [0.25, 0.3) is 0 Å². The number of hydrogen-bond donors (Lipinski definition) is 1. The van der Waals surface area contributed by atoms with Gasteiger partial charge in [-0.15, -0.1) is 18.5 Å². The van der Waals surface area contributed by atoms with Crippen LogP contribution >= 0.6 is 37.0 Å². The molecule has 1 aromatic heterocycles. The average Bonchev–Trinajstić information content (AvgIpc) is 1.97. The molecule has 0 saturated carbocycles. The molecule has 1 aromatic rings. The molecule has 0 bridgehead atoms. The van der Waals surface area contributed by atoms with Crippen molar-refractivity contribution in [2.24, 2.45) is 0 Å². The minimum Gasteiger partial charge on any atom is -0.396 e. The summed E-state index contributed by atoms with van der Waals surface area (Å²) in [6.45, 7) is 0. The first-order valence-corrected chi connectivity index (χ1v) is 5.20. The molecular formula is C5H10N2P4. The van der Waals surface area contributed by atoms with Crippen molar-refractivity contribution in [1.29, 1.82) is 0 Å². The average molecular weight is 222 g/mol. The molecule has 4 atom stereocenters. The van der Waals surface area contributed by atoms with Crippen LogP contribution in [0, 0.1) is 0 Å². The number of hydrogen-bond acceptors (Lipinski definition) is 2. The largest absolute Gasteiger partial charge is 0.396 e. The first-order chi connectivity index (χ1) is 5.04. The predicted molar refractivity (Wildman–Crippen MR) is 66.0 cm³/mol. The van der Waals surface area contributed by atoms with E-state index in [1.807, 2.05) is 0 Å². The van der Waals surface area contributed by atoms with Crippen LogP contribution in [-0.4, -0.2) is 4.98 Å². The van der Waals surface area contributed by atoms with Crippen molar-refractivity contribution < 1.29 is 0 Å². The Labute approximate surface area is 75.3 Å². The molecule has 1 heterocycles. The number of nitrogen functional groups attached to an aromatic ring is 1. The van der Waals surface area contributed by atoms with Crippen LogP contribution in [0.3, 0.4) is 0 Å². The van der Waals surface area contributed by atoms with Gasteiger partial charge < -0.3 is 5.73 Å². The Kier molecular flexibility index (Phi) is 3.18. The topological polar surface area (TPSA) is 38.9 Å². The van der Waals surface area contributed by atoms with E-state index in [0.29, 0.717) is 0 Å². The quantitative estimate of drug-likeness (QED) is 0.552. The highest BCUT2D eigenvalue weighted by molar-refractivity contribution is 7.41. The van der Waals surface area contributed by atoms with Crippen LogP contribution in [0.15, 0.2) is 0 Å². The van der Waals surface area contributed by atoms with Gasteiger partial charge in [0, 0.05) is 10.6 Å². The van der Waals surface area contributed by atoms with E-state index in [1.54, 1.807) is 0 Å². The van der Waals surface area contributed by atoms with E-state index in [4.69, 9.17) is 5.73 Å². The van der Waals surface area contributed by atoms with Crippen LogP contribution in [0.5, 0.6) is 0 Å².